The van der Waals surface area contributed by atoms with Crippen molar-refractivity contribution in [2.24, 2.45) is 0 Å². The Morgan fingerprint density at radius 2 is 1.91 bits per heavy atom. The van der Waals surface area contributed by atoms with Crippen molar-refractivity contribution in [3.8, 4) is 9.88 Å². The lowest BCUT2D eigenvalue weighted by Crippen LogP contribution is -2.09. The van der Waals surface area contributed by atoms with Gasteiger partial charge in [-0.15, -0.1) is 32.9 Å². The highest BCUT2D eigenvalue weighted by atomic mass is 32.1. The van der Waals surface area contributed by atoms with Gasteiger partial charge in [0, 0.05) is 0 Å². The first-order valence-electron chi connectivity index (χ1n) is 6.76. The summed E-state index contributed by atoms with van der Waals surface area (Å²) in [5, 5.41) is 12.8. The van der Waals surface area contributed by atoms with Crippen LogP contribution in [0.1, 0.15) is 14.7 Å². The second-order valence-corrected chi connectivity index (χ2v) is 8.03. The molecule has 0 atom stereocenters. The van der Waals surface area contributed by atoms with Crippen molar-refractivity contribution in [2.45, 2.75) is 6.92 Å². The third kappa shape index (κ3) is 2.88. The first-order valence-corrected chi connectivity index (χ1v) is 9.21. The van der Waals surface area contributed by atoms with Gasteiger partial charge < -0.3 is 0 Å². The molecule has 0 aliphatic rings. The van der Waals surface area contributed by atoms with Crippen molar-refractivity contribution in [3.63, 3.8) is 0 Å². The maximum atomic E-state index is 12.3. The van der Waals surface area contributed by atoms with Crippen molar-refractivity contribution in [2.75, 3.05) is 5.32 Å². The number of aryl methyl sites for hydroxylation is 1. The molecule has 0 aliphatic carbocycles. The molecule has 0 unspecified atom stereocenters. The number of hydrogen-bond acceptors (Lipinski definition) is 7. The quantitative estimate of drug-likeness (QED) is 0.588. The van der Waals surface area contributed by atoms with Crippen LogP contribution in [0.3, 0.4) is 0 Å². The minimum Gasteiger partial charge on any atom is -0.296 e. The van der Waals surface area contributed by atoms with E-state index >= 15 is 0 Å². The highest BCUT2D eigenvalue weighted by molar-refractivity contribution is 7.26. The lowest BCUT2D eigenvalue weighted by molar-refractivity contribution is 0.103. The molecule has 0 saturated heterocycles. The lowest BCUT2D eigenvalue weighted by Gasteiger charge is -1.96. The molecule has 23 heavy (non-hydrogen) atoms. The highest BCUT2D eigenvalue weighted by Gasteiger charge is 2.14. The normalized spacial score (nSPS) is 11.0. The summed E-state index contributed by atoms with van der Waals surface area (Å²) in [6.45, 7) is 1.85. The Morgan fingerprint density at radius 3 is 2.70 bits per heavy atom. The summed E-state index contributed by atoms with van der Waals surface area (Å²) in [5.74, 6) is -0.168. The molecule has 0 fully saturated rings. The van der Waals surface area contributed by atoms with Crippen molar-refractivity contribution in [1.82, 2.24) is 15.2 Å². The van der Waals surface area contributed by atoms with Gasteiger partial charge in [-0.05, 0) is 31.2 Å². The van der Waals surface area contributed by atoms with Gasteiger partial charge in [0.1, 0.15) is 10.0 Å². The zero-order valence-electron chi connectivity index (χ0n) is 11.9. The molecule has 1 amide bonds. The van der Waals surface area contributed by atoms with Crippen LogP contribution in [0, 0.1) is 6.92 Å². The number of carbonyl (C=O) groups is 1. The average molecular weight is 358 g/mol. The molecule has 0 spiro atoms. The summed E-state index contributed by atoms with van der Waals surface area (Å²) in [4.78, 5) is 18.5. The Morgan fingerprint density at radius 1 is 1.04 bits per heavy atom. The molecule has 8 heteroatoms. The zero-order valence-corrected chi connectivity index (χ0v) is 14.4. The Hall–Kier alpha value is -2.16. The van der Waals surface area contributed by atoms with E-state index in [1.807, 2.05) is 37.3 Å². The van der Waals surface area contributed by atoms with Crippen LogP contribution in [0.5, 0.6) is 0 Å². The molecule has 0 aliphatic heterocycles. The third-order valence-electron chi connectivity index (χ3n) is 3.08. The van der Waals surface area contributed by atoms with E-state index < -0.39 is 0 Å². The monoisotopic (exact) mass is 358 g/mol. The standard InChI is InChI=1S/C15H10N4OS3/c1-8-18-19-15(21-8)17-13(20)11-6-7-12(22-11)14-16-9-4-2-3-5-10(9)23-14/h2-7H,1H3,(H,17,19,20). The number of amides is 1. The largest absolute Gasteiger partial charge is 0.296 e. The molecule has 4 rings (SSSR count). The van der Waals surface area contributed by atoms with Crippen LogP contribution in [0.4, 0.5) is 5.13 Å². The van der Waals surface area contributed by atoms with E-state index in [-0.39, 0.29) is 5.91 Å². The van der Waals surface area contributed by atoms with Gasteiger partial charge in [-0.3, -0.25) is 10.1 Å². The summed E-state index contributed by atoms with van der Waals surface area (Å²) in [6.07, 6.45) is 0. The average Bonchev–Trinajstić information content (AvgIpc) is 3.25. The topological polar surface area (TPSA) is 67.8 Å². The van der Waals surface area contributed by atoms with Gasteiger partial charge in [0.25, 0.3) is 5.91 Å². The van der Waals surface area contributed by atoms with Crippen molar-refractivity contribution < 1.29 is 4.79 Å². The number of carbonyl (C=O) groups excluding carboxylic acids is 1. The number of hydrogen-bond donors (Lipinski definition) is 1. The van der Waals surface area contributed by atoms with E-state index in [1.54, 1.807) is 11.3 Å². The molecule has 1 N–H and O–H groups in total. The minimum atomic E-state index is -0.168. The number of nitrogens with one attached hydrogen (secondary N) is 1. The molecule has 114 valence electrons. The first-order chi connectivity index (χ1) is 11.2. The summed E-state index contributed by atoms with van der Waals surface area (Å²) >= 11 is 4.41. The Bertz CT molecular complexity index is 968. The number of thiophene rings is 1. The number of thiazole rings is 1. The fourth-order valence-corrected chi connectivity index (χ4v) is 4.57. The summed E-state index contributed by atoms with van der Waals surface area (Å²) < 4.78 is 1.14. The molecular formula is C15H10N4OS3. The van der Waals surface area contributed by atoms with Crippen molar-refractivity contribution >= 4 is 55.3 Å². The van der Waals surface area contributed by atoms with Gasteiger partial charge in [0.2, 0.25) is 5.13 Å². The fourth-order valence-electron chi connectivity index (χ4n) is 2.06. The van der Waals surface area contributed by atoms with Crippen molar-refractivity contribution in [1.29, 1.82) is 0 Å². The molecule has 3 aromatic heterocycles. The first kappa shape index (κ1) is 14.4. The van der Waals surface area contributed by atoms with Gasteiger partial charge in [-0.1, -0.05) is 23.5 Å². The van der Waals surface area contributed by atoms with E-state index in [2.05, 4.69) is 26.6 Å². The van der Waals surface area contributed by atoms with Gasteiger partial charge in [0.15, 0.2) is 0 Å². The van der Waals surface area contributed by atoms with Crippen molar-refractivity contribution in [3.05, 3.63) is 46.3 Å². The molecule has 5 nitrogen and oxygen atoms in total. The highest BCUT2D eigenvalue weighted by Crippen LogP contribution is 2.34. The number of benzene rings is 1. The second-order valence-electron chi connectivity index (χ2n) is 4.73. The predicted octanol–water partition coefficient (Wildman–Crippen LogP) is 4.44. The van der Waals surface area contributed by atoms with Gasteiger partial charge in [-0.2, -0.15) is 0 Å². The van der Waals surface area contributed by atoms with Crippen LogP contribution in [-0.4, -0.2) is 21.1 Å². The second kappa shape index (κ2) is 5.80. The third-order valence-corrected chi connectivity index (χ3v) is 6.12. The molecule has 0 bridgehead atoms. The Labute approximate surface area is 143 Å². The van der Waals surface area contributed by atoms with E-state index in [0.29, 0.717) is 10.0 Å². The maximum absolute atomic E-state index is 12.3. The van der Waals surface area contributed by atoms with Crippen LogP contribution in [0.25, 0.3) is 20.1 Å². The predicted molar refractivity (Wildman–Crippen MR) is 95.5 cm³/mol. The minimum absolute atomic E-state index is 0.168. The smallest absolute Gasteiger partial charge is 0.267 e. The molecule has 1 aromatic carbocycles. The van der Waals surface area contributed by atoms with Gasteiger partial charge >= 0.3 is 0 Å². The van der Waals surface area contributed by atoms with E-state index in [1.165, 1.54) is 22.7 Å². The van der Waals surface area contributed by atoms with Crippen LogP contribution >= 0.6 is 34.0 Å². The summed E-state index contributed by atoms with van der Waals surface area (Å²) in [7, 11) is 0. The van der Waals surface area contributed by atoms with Gasteiger partial charge in [-0.25, -0.2) is 4.98 Å². The van der Waals surface area contributed by atoms with Crippen LogP contribution in [0.2, 0.25) is 0 Å². The van der Waals surface area contributed by atoms with Crippen LogP contribution in [-0.2, 0) is 0 Å². The molecular weight excluding hydrogens is 348 g/mol. The fraction of sp³-hybridized carbons (Fsp3) is 0.0667. The summed E-state index contributed by atoms with van der Waals surface area (Å²) in [5.41, 5.74) is 0.983. The zero-order chi connectivity index (χ0) is 15.8. The van der Waals surface area contributed by atoms with Gasteiger partial charge in [0.05, 0.1) is 20.0 Å². The number of para-hydroxylation sites is 1. The number of nitrogens with zero attached hydrogens (tertiary/aromatic N) is 3. The van der Waals surface area contributed by atoms with E-state index in [0.717, 1.165) is 25.1 Å². The number of fused-ring (bicyclic) bond motifs is 1. The number of anilines is 1. The number of rotatable bonds is 3. The SMILES string of the molecule is Cc1nnc(NC(=O)c2ccc(-c3nc4ccccc4s3)s2)s1. The maximum Gasteiger partial charge on any atom is 0.267 e. The van der Waals surface area contributed by atoms with Crippen LogP contribution in [0.15, 0.2) is 36.4 Å². The Balaban J connectivity index is 1.59. The molecule has 4 aromatic rings. The Kier molecular flexibility index (Phi) is 3.64. The molecule has 0 saturated carbocycles. The molecule has 3 heterocycles. The number of aromatic nitrogens is 3. The van der Waals surface area contributed by atoms with E-state index in [9.17, 15) is 4.79 Å². The van der Waals surface area contributed by atoms with E-state index in [4.69, 9.17) is 0 Å². The summed E-state index contributed by atoms with van der Waals surface area (Å²) in [6, 6.07) is 11.8. The lowest BCUT2D eigenvalue weighted by atomic mass is 10.3. The molecule has 0 radical (unpaired) electrons. The van der Waals surface area contributed by atoms with Crippen LogP contribution < -0.4 is 5.32 Å².